The van der Waals surface area contributed by atoms with Gasteiger partial charge in [-0.05, 0) is 43.7 Å². The highest BCUT2D eigenvalue weighted by Gasteiger charge is 2.17. The van der Waals surface area contributed by atoms with E-state index < -0.39 is 11.8 Å². The van der Waals surface area contributed by atoms with E-state index in [1.165, 1.54) is 12.1 Å². The van der Waals surface area contributed by atoms with Crippen LogP contribution in [0.4, 0.5) is 15.9 Å². The smallest absolute Gasteiger partial charge is 0.339 e. The number of nitrogens with one attached hydrogen (secondary N) is 1. The average molecular weight is 285 g/mol. The Labute approximate surface area is 120 Å². The topological polar surface area (TPSA) is 86.0 Å². The fraction of sp³-hybridized carbons (Fsp3) is 0.133. The van der Waals surface area contributed by atoms with Gasteiger partial charge in [0, 0.05) is 5.69 Å². The summed E-state index contributed by atoms with van der Waals surface area (Å²) >= 11 is 0. The summed E-state index contributed by atoms with van der Waals surface area (Å²) in [6.45, 7) is 3.37. The standard InChI is InChI=1S/C15H12FN3O2/c1-8-5-9(2)18-14(13(8)15(20)21)19-12-4-3-10(7-17)6-11(12)16/h3-6H,1-2H3,(H,18,19)(H,20,21). The number of halogens is 1. The maximum absolute atomic E-state index is 13.9. The van der Waals surface area contributed by atoms with E-state index in [4.69, 9.17) is 5.26 Å². The number of carboxylic acids is 1. The van der Waals surface area contributed by atoms with Crippen LogP contribution in [0, 0.1) is 31.0 Å². The number of nitriles is 1. The van der Waals surface area contributed by atoms with E-state index >= 15 is 0 Å². The molecule has 5 nitrogen and oxygen atoms in total. The molecule has 2 aromatic rings. The molecule has 0 saturated heterocycles. The number of aromatic nitrogens is 1. The van der Waals surface area contributed by atoms with Crippen LogP contribution < -0.4 is 5.32 Å². The molecule has 0 fully saturated rings. The van der Waals surface area contributed by atoms with Gasteiger partial charge in [-0.25, -0.2) is 14.2 Å². The van der Waals surface area contributed by atoms with Crippen molar-refractivity contribution in [2.75, 3.05) is 5.32 Å². The van der Waals surface area contributed by atoms with Gasteiger partial charge in [0.15, 0.2) is 0 Å². The molecule has 0 amide bonds. The van der Waals surface area contributed by atoms with Gasteiger partial charge in [-0.3, -0.25) is 0 Å². The predicted octanol–water partition coefficient (Wildman–Crippen LogP) is 3.15. The third kappa shape index (κ3) is 2.98. The predicted molar refractivity (Wildman–Crippen MR) is 75.1 cm³/mol. The monoisotopic (exact) mass is 285 g/mol. The van der Waals surface area contributed by atoms with Crippen molar-refractivity contribution >= 4 is 17.5 Å². The quantitative estimate of drug-likeness (QED) is 0.904. The molecule has 0 saturated carbocycles. The number of pyridine rings is 1. The normalized spacial score (nSPS) is 10.0. The summed E-state index contributed by atoms with van der Waals surface area (Å²) in [7, 11) is 0. The van der Waals surface area contributed by atoms with Crippen molar-refractivity contribution in [3.05, 3.63) is 52.5 Å². The summed E-state index contributed by atoms with van der Waals surface area (Å²) in [5.74, 6) is -1.72. The second-order valence-corrected chi connectivity index (χ2v) is 4.54. The van der Waals surface area contributed by atoms with Crippen LogP contribution in [0.5, 0.6) is 0 Å². The fourth-order valence-corrected chi connectivity index (χ4v) is 2.01. The molecule has 0 spiro atoms. The Hall–Kier alpha value is -2.94. The first-order valence-corrected chi connectivity index (χ1v) is 6.10. The van der Waals surface area contributed by atoms with Gasteiger partial charge in [0.05, 0.1) is 17.3 Å². The molecule has 1 heterocycles. The second kappa shape index (κ2) is 5.59. The fourth-order valence-electron chi connectivity index (χ4n) is 2.01. The van der Waals surface area contributed by atoms with Gasteiger partial charge in [0.1, 0.15) is 17.2 Å². The summed E-state index contributed by atoms with van der Waals surface area (Å²) in [5.41, 5.74) is 1.39. The molecule has 0 aliphatic rings. The Morgan fingerprint density at radius 1 is 1.38 bits per heavy atom. The van der Waals surface area contributed by atoms with Crippen molar-refractivity contribution in [3.8, 4) is 6.07 Å². The Morgan fingerprint density at radius 3 is 2.67 bits per heavy atom. The molecular formula is C15H12FN3O2. The maximum atomic E-state index is 13.9. The Bertz CT molecular complexity index is 766. The lowest BCUT2D eigenvalue weighted by Crippen LogP contribution is -2.09. The molecule has 1 aromatic heterocycles. The van der Waals surface area contributed by atoms with E-state index in [-0.39, 0.29) is 22.6 Å². The average Bonchev–Trinajstić information content (AvgIpc) is 2.39. The number of benzene rings is 1. The van der Waals surface area contributed by atoms with Crippen molar-refractivity contribution in [2.45, 2.75) is 13.8 Å². The molecule has 0 radical (unpaired) electrons. The molecule has 2 rings (SSSR count). The van der Waals surface area contributed by atoms with Crippen molar-refractivity contribution in [3.63, 3.8) is 0 Å². The molecular weight excluding hydrogens is 273 g/mol. The number of carboxylic acid groups (broad SMARTS) is 1. The van der Waals surface area contributed by atoms with Crippen LogP contribution in [-0.4, -0.2) is 16.1 Å². The van der Waals surface area contributed by atoms with Gasteiger partial charge in [-0.15, -0.1) is 0 Å². The van der Waals surface area contributed by atoms with Gasteiger partial charge < -0.3 is 10.4 Å². The van der Waals surface area contributed by atoms with Crippen LogP contribution >= 0.6 is 0 Å². The van der Waals surface area contributed by atoms with Crippen LogP contribution in [0.25, 0.3) is 0 Å². The highest BCUT2D eigenvalue weighted by molar-refractivity contribution is 5.95. The van der Waals surface area contributed by atoms with Crippen LogP contribution in [0.2, 0.25) is 0 Å². The number of anilines is 2. The second-order valence-electron chi connectivity index (χ2n) is 4.54. The number of rotatable bonds is 3. The highest BCUT2D eigenvalue weighted by atomic mass is 19.1. The zero-order valence-corrected chi connectivity index (χ0v) is 11.4. The molecule has 0 aliphatic heterocycles. The summed E-state index contributed by atoms with van der Waals surface area (Å²) < 4.78 is 13.9. The molecule has 2 N–H and O–H groups in total. The van der Waals surface area contributed by atoms with Gasteiger partial charge in [0.2, 0.25) is 0 Å². The van der Waals surface area contributed by atoms with Crippen LogP contribution in [0.1, 0.15) is 27.2 Å². The first-order chi connectivity index (χ1) is 9.92. The highest BCUT2D eigenvalue weighted by Crippen LogP contribution is 2.25. The summed E-state index contributed by atoms with van der Waals surface area (Å²) in [5, 5.41) is 20.6. The van der Waals surface area contributed by atoms with E-state index in [0.29, 0.717) is 11.3 Å². The lowest BCUT2D eigenvalue weighted by atomic mass is 10.1. The zero-order chi connectivity index (χ0) is 15.6. The van der Waals surface area contributed by atoms with Gasteiger partial charge >= 0.3 is 5.97 Å². The summed E-state index contributed by atoms with van der Waals surface area (Å²) in [6, 6.07) is 7.36. The van der Waals surface area contributed by atoms with Crippen molar-refractivity contribution in [2.24, 2.45) is 0 Å². The van der Waals surface area contributed by atoms with Crippen LogP contribution in [0.3, 0.4) is 0 Å². The number of carbonyl (C=O) groups is 1. The number of hydrogen-bond donors (Lipinski definition) is 2. The largest absolute Gasteiger partial charge is 0.478 e. The molecule has 0 aliphatic carbocycles. The minimum absolute atomic E-state index is 0.00985. The Kier molecular flexibility index (Phi) is 3.85. The SMILES string of the molecule is Cc1cc(C)c(C(=O)O)c(Nc2ccc(C#N)cc2F)n1. The number of hydrogen-bond acceptors (Lipinski definition) is 4. The molecule has 21 heavy (non-hydrogen) atoms. The third-order valence-electron chi connectivity index (χ3n) is 2.91. The van der Waals surface area contributed by atoms with Crippen LogP contribution in [0.15, 0.2) is 24.3 Å². The molecule has 1 aromatic carbocycles. The zero-order valence-electron chi connectivity index (χ0n) is 11.4. The van der Waals surface area contributed by atoms with Gasteiger partial charge in [-0.1, -0.05) is 0 Å². The third-order valence-corrected chi connectivity index (χ3v) is 2.91. The lowest BCUT2D eigenvalue weighted by molar-refractivity contribution is 0.0697. The minimum Gasteiger partial charge on any atom is -0.478 e. The maximum Gasteiger partial charge on any atom is 0.339 e. The van der Waals surface area contributed by atoms with Crippen molar-refractivity contribution in [1.82, 2.24) is 4.98 Å². The van der Waals surface area contributed by atoms with Crippen molar-refractivity contribution < 1.29 is 14.3 Å². The van der Waals surface area contributed by atoms with E-state index in [1.54, 1.807) is 19.9 Å². The number of nitrogens with zero attached hydrogens (tertiary/aromatic N) is 2. The first kappa shape index (κ1) is 14.5. The van der Waals surface area contributed by atoms with Gasteiger partial charge in [-0.2, -0.15) is 5.26 Å². The van der Waals surface area contributed by atoms with Crippen LogP contribution in [-0.2, 0) is 0 Å². The van der Waals surface area contributed by atoms with E-state index in [9.17, 15) is 14.3 Å². The molecule has 6 heteroatoms. The Morgan fingerprint density at radius 2 is 2.10 bits per heavy atom. The minimum atomic E-state index is -1.14. The molecule has 0 bridgehead atoms. The summed E-state index contributed by atoms with van der Waals surface area (Å²) in [4.78, 5) is 15.4. The van der Waals surface area contributed by atoms with Gasteiger partial charge in [0.25, 0.3) is 0 Å². The lowest BCUT2D eigenvalue weighted by Gasteiger charge is -2.12. The van der Waals surface area contributed by atoms with E-state index in [2.05, 4.69) is 10.3 Å². The number of aryl methyl sites for hydroxylation is 2. The first-order valence-electron chi connectivity index (χ1n) is 6.10. The Balaban J connectivity index is 2.49. The summed E-state index contributed by atoms with van der Waals surface area (Å²) in [6.07, 6.45) is 0. The molecule has 0 atom stereocenters. The van der Waals surface area contributed by atoms with Crippen molar-refractivity contribution in [1.29, 1.82) is 5.26 Å². The van der Waals surface area contributed by atoms with E-state index in [1.807, 2.05) is 6.07 Å². The molecule has 106 valence electrons. The number of aromatic carboxylic acids is 1. The van der Waals surface area contributed by atoms with E-state index in [0.717, 1.165) is 6.07 Å². The molecule has 0 unspecified atom stereocenters.